The van der Waals surface area contributed by atoms with Gasteiger partial charge in [-0.1, -0.05) is 58.3 Å². The fourth-order valence-corrected chi connectivity index (χ4v) is 3.85. The first kappa shape index (κ1) is 18.0. The predicted octanol–water partition coefficient (Wildman–Crippen LogP) is 6.37. The first-order chi connectivity index (χ1) is 11.3. The van der Waals surface area contributed by atoms with Crippen LogP contribution in [-0.4, -0.2) is 4.98 Å². The van der Waals surface area contributed by atoms with Gasteiger partial charge in [0, 0.05) is 17.8 Å². The minimum Gasteiger partial charge on any atom is -0.260 e. The molecule has 2 nitrogen and oxygen atoms in total. The van der Waals surface area contributed by atoms with E-state index in [-0.39, 0.29) is 0 Å². The monoisotopic (exact) mass is 312 g/mol. The summed E-state index contributed by atoms with van der Waals surface area (Å²) < 4.78 is 0. The van der Waals surface area contributed by atoms with Crippen molar-refractivity contribution in [2.75, 3.05) is 0 Å². The number of nitrogens with zero attached hydrogens (tertiary/aromatic N) is 2. The van der Waals surface area contributed by atoms with Gasteiger partial charge in [0.05, 0.1) is 5.56 Å². The molecular weight excluding hydrogens is 280 g/mol. The minimum atomic E-state index is 0.619. The van der Waals surface area contributed by atoms with Crippen molar-refractivity contribution < 1.29 is 0 Å². The van der Waals surface area contributed by atoms with Crippen LogP contribution in [0.5, 0.6) is 0 Å². The summed E-state index contributed by atoms with van der Waals surface area (Å²) in [5, 5.41) is 8.85. The van der Waals surface area contributed by atoms with Gasteiger partial charge >= 0.3 is 0 Å². The van der Waals surface area contributed by atoms with Crippen molar-refractivity contribution in [1.29, 1.82) is 5.26 Å². The fraction of sp³-hybridized carbons (Fsp3) is 0.714. The van der Waals surface area contributed by atoms with Crippen molar-refractivity contribution in [1.82, 2.24) is 4.98 Å². The van der Waals surface area contributed by atoms with E-state index in [1.807, 2.05) is 6.07 Å². The lowest BCUT2D eigenvalue weighted by Gasteiger charge is -2.28. The second-order valence-corrected chi connectivity index (χ2v) is 7.21. The molecule has 0 aromatic carbocycles. The Labute approximate surface area is 142 Å². The normalized spacial score (nSPS) is 21.0. The van der Waals surface area contributed by atoms with Crippen LogP contribution in [0.1, 0.15) is 101 Å². The molecule has 0 radical (unpaired) electrons. The summed E-state index contributed by atoms with van der Waals surface area (Å²) in [6.07, 6.45) is 18.3. The molecule has 2 rings (SSSR count). The predicted molar refractivity (Wildman–Crippen MR) is 96.3 cm³/mol. The van der Waals surface area contributed by atoms with E-state index >= 15 is 0 Å². The standard InChI is InChI=1S/C21H32N2/c1-2-3-4-5-6-7-8-9-18-10-13-20(14-11-18)21-15-12-19(16-22)17-23-21/h12,15,17-18,20H,2-11,13-14H2,1H3. The number of unbranched alkanes of at least 4 members (excludes halogenated alkanes) is 6. The quantitative estimate of drug-likeness (QED) is 0.497. The average Bonchev–Trinajstić information content (AvgIpc) is 2.61. The van der Waals surface area contributed by atoms with Gasteiger partial charge in [-0.15, -0.1) is 0 Å². The van der Waals surface area contributed by atoms with Crippen molar-refractivity contribution >= 4 is 0 Å². The molecule has 1 aromatic heterocycles. The number of rotatable bonds is 9. The van der Waals surface area contributed by atoms with Gasteiger partial charge in [0.1, 0.15) is 6.07 Å². The highest BCUT2D eigenvalue weighted by molar-refractivity contribution is 5.27. The number of hydrogen-bond acceptors (Lipinski definition) is 2. The highest BCUT2D eigenvalue weighted by Crippen LogP contribution is 2.37. The minimum absolute atomic E-state index is 0.619. The van der Waals surface area contributed by atoms with Crippen molar-refractivity contribution in [3.63, 3.8) is 0 Å². The first-order valence-corrected chi connectivity index (χ1v) is 9.69. The number of pyridine rings is 1. The molecule has 0 aliphatic heterocycles. The highest BCUT2D eigenvalue weighted by atomic mass is 14.7. The third-order valence-electron chi connectivity index (χ3n) is 5.40. The Kier molecular flexibility index (Phi) is 8.15. The van der Waals surface area contributed by atoms with Crippen molar-refractivity contribution in [2.24, 2.45) is 5.92 Å². The van der Waals surface area contributed by atoms with E-state index in [0.29, 0.717) is 11.5 Å². The highest BCUT2D eigenvalue weighted by Gasteiger charge is 2.22. The van der Waals surface area contributed by atoms with E-state index in [2.05, 4.69) is 24.0 Å². The number of nitriles is 1. The molecule has 1 saturated carbocycles. The van der Waals surface area contributed by atoms with Crippen LogP contribution in [0.4, 0.5) is 0 Å². The zero-order valence-corrected chi connectivity index (χ0v) is 14.8. The molecule has 0 unspecified atom stereocenters. The van der Waals surface area contributed by atoms with E-state index < -0.39 is 0 Å². The van der Waals surface area contributed by atoms with Crippen molar-refractivity contribution in [3.8, 4) is 6.07 Å². The Morgan fingerprint density at radius 2 is 1.70 bits per heavy atom. The van der Waals surface area contributed by atoms with Gasteiger partial charge in [-0.2, -0.15) is 5.26 Å². The Bertz CT molecular complexity index is 464. The molecule has 1 aliphatic rings. The average molecular weight is 313 g/mol. The molecule has 0 saturated heterocycles. The van der Waals surface area contributed by atoms with E-state index in [9.17, 15) is 0 Å². The number of aromatic nitrogens is 1. The summed E-state index contributed by atoms with van der Waals surface area (Å²) in [5.41, 5.74) is 1.86. The summed E-state index contributed by atoms with van der Waals surface area (Å²) >= 11 is 0. The van der Waals surface area contributed by atoms with Gasteiger partial charge in [0.2, 0.25) is 0 Å². The van der Waals surface area contributed by atoms with Gasteiger partial charge in [0.15, 0.2) is 0 Å². The maximum absolute atomic E-state index is 8.85. The van der Waals surface area contributed by atoms with Crippen LogP contribution >= 0.6 is 0 Å². The Morgan fingerprint density at radius 3 is 2.30 bits per heavy atom. The lowest BCUT2D eigenvalue weighted by Crippen LogP contribution is -2.14. The van der Waals surface area contributed by atoms with Gasteiger partial charge in [0.25, 0.3) is 0 Å². The molecule has 0 amide bonds. The second kappa shape index (κ2) is 10.4. The summed E-state index contributed by atoms with van der Waals surface area (Å²) in [6, 6.07) is 6.11. The molecule has 1 aliphatic carbocycles. The van der Waals surface area contributed by atoms with Crippen LogP contribution in [0.2, 0.25) is 0 Å². The molecule has 1 heterocycles. The molecule has 1 aromatic rings. The molecule has 0 spiro atoms. The van der Waals surface area contributed by atoms with Crippen molar-refractivity contribution in [3.05, 3.63) is 29.6 Å². The molecular formula is C21H32N2. The number of hydrogen-bond donors (Lipinski definition) is 0. The lowest BCUT2D eigenvalue weighted by molar-refractivity contribution is 0.299. The van der Waals surface area contributed by atoms with Crippen molar-refractivity contribution in [2.45, 2.75) is 89.9 Å². The first-order valence-electron chi connectivity index (χ1n) is 9.69. The Balaban J connectivity index is 1.59. The van der Waals surface area contributed by atoms with Crippen LogP contribution in [0, 0.1) is 17.2 Å². The van der Waals surface area contributed by atoms with E-state index in [0.717, 1.165) is 5.92 Å². The smallest absolute Gasteiger partial charge is 0.101 e. The Morgan fingerprint density at radius 1 is 1.00 bits per heavy atom. The van der Waals surface area contributed by atoms with Gasteiger partial charge in [-0.25, -0.2) is 0 Å². The van der Waals surface area contributed by atoms with Gasteiger partial charge < -0.3 is 0 Å². The van der Waals surface area contributed by atoms with Crippen LogP contribution < -0.4 is 0 Å². The fourth-order valence-electron chi connectivity index (χ4n) is 3.85. The van der Waals surface area contributed by atoms with E-state index in [4.69, 9.17) is 5.26 Å². The maximum atomic E-state index is 8.85. The largest absolute Gasteiger partial charge is 0.260 e. The summed E-state index contributed by atoms with van der Waals surface area (Å²) in [7, 11) is 0. The summed E-state index contributed by atoms with van der Waals surface area (Å²) in [4.78, 5) is 4.49. The molecule has 0 bridgehead atoms. The second-order valence-electron chi connectivity index (χ2n) is 7.21. The van der Waals surface area contributed by atoms with Crippen LogP contribution in [0.25, 0.3) is 0 Å². The van der Waals surface area contributed by atoms with E-state index in [1.165, 1.54) is 82.7 Å². The molecule has 1 fully saturated rings. The van der Waals surface area contributed by atoms with Crippen LogP contribution in [0.3, 0.4) is 0 Å². The van der Waals surface area contributed by atoms with E-state index in [1.54, 1.807) is 6.20 Å². The zero-order chi connectivity index (χ0) is 16.3. The summed E-state index contributed by atoms with van der Waals surface area (Å²) in [6.45, 7) is 2.28. The zero-order valence-electron chi connectivity index (χ0n) is 14.8. The molecule has 0 atom stereocenters. The Hall–Kier alpha value is -1.36. The summed E-state index contributed by atoms with van der Waals surface area (Å²) in [5.74, 6) is 1.56. The van der Waals surface area contributed by atoms with Gasteiger partial charge in [-0.3, -0.25) is 4.98 Å². The SMILES string of the molecule is CCCCCCCCCC1CCC(c2ccc(C#N)cn2)CC1. The van der Waals surface area contributed by atoms with Crippen LogP contribution in [0.15, 0.2) is 18.3 Å². The third kappa shape index (κ3) is 6.34. The topological polar surface area (TPSA) is 36.7 Å². The third-order valence-corrected chi connectivity index (χ3v) is 5.40. The van der Waals surface area contributed by atoms with Gasteiger partial charge in [-0.05, 0) is 43.7 Å². The molecule has 2 heteroatoms. The molecule has 23 heavy (non-hydrogen) atoms. The maximum Gasteiger partial charge on any atom is 0.101 e. The molecule has 126 valence electrons. The molecule has 0 N–H and O–H groups in total. The lowest BCUT2D eigenvalue weighted by atomic mass is 9.78. The van der Waals surface area contributed by atoms with Crippen LogP contribution in [-0.2, 0) is 0 Å².